The highest BCUT2D eigenvalue weighted by Gasteiger charge is 2.38. The van der Waals surface area contributed by atoms with E-state index in [1.54, 1.807) is 0 Å². The fourth-order valence-electron chi connectivity index (χ4n) is 3.21. The van der Waals surface area contributed by atoms with Gasteiger partial charge in [0.1, 0.15) is 5.75 Å². The van der Waals surface area contributed by atoms with Gasteiger partial charge in [-0.05, 0) is 30.4 Å². The average Bonchev–Trinajstić information content (AvgIpc) is 2.80. The van der Waals surface area contributed by atoms with Gasteiger partial charge in [0.15, 0.2) is 0 Å². The van der Waals surface area contributed by atoms with E-state index in [0.717, 1.165) is 28.4 Å². The minimum Gasteiger partial charge on any atom is -0.507 e. The molecule has 19 heavy (non-hydrogen) atoms. The number of nitrogens with two attached hydrogens (primary N) is 1. The van der Waals surface area contributed by atoms with Crippen LogP contribution in [0.25, 0.3) is 0 Å². The van der Waals surface area contributed by atoms with Crippen LogP contribution in [0.4, 0.5) is 0 Å². The SMILES string of the molecule is CC(C)(C)c1cc(Br)cc(C2(CN)CCCC2)c1O. The zero-order chi connectivity index (χ0) is 14.3. The molecule has 1 aromatic rings. The second kappa shape index (κ2) is 5.10. The van der Waals surface area contributed by atoms with Crippen molar-refractivity contribution in [2.75, 3.05) is 6.54 Å². The van der Waals surface area contributed by atoms with Gasteiger partial charge in [-0.2, -0.15) is 0 Å². The molecule has 0 aliphatic heterocycles. The molecular weight excluding hydrogens is 302 g/mol. The van der Waals surface area contributed by atoms with Crippen molar-refractivity contribution < 1.29 is 5.11 Å². The van der Waals surface area contributed by atoms with Crippen molar-refractivity contribution in [1.82, 2.24) is 0 Å². The Morgan fingerprint density at radius 1 is 1.26 bits per heavy atom. The molecule has 1 saturated carbocycles. The van der Waals surface area contributed by atoms with Gasteiger partial charge in [-0.3, -0.25) is 0 Å². The molecule has 1 aromatic carbocycles. The van der Waals surface area contributed by atoms with Gasteiger partial charge in [0.25, 0.3) is 0 Å². The van der Waals surface area contributed by atoms with E-state index < -0.39 is 0 Å². The predicted molar refractivity (Wildman–Crippen MR) is 83.7 cm³/mol. The summed E-state index contributed by atoms with van der Waals surface area (Å²) in [6.07, 6.45) is 4.57. The number of benzene rings is 1. The Morgan fingerprint density at radius 2 is 1.84 bits per heavy atom. The van der Waals surface area contributed by atoms with E-state index >= 15 is 0 Å². The van der Waals surface area contributed by atoms with Crippen LogP contribution in [-0.2, 0) is 10.8 Å². The highest BCUT2D eigenvalue weighted by atomic mass is 79.9. The molecule has 3 heteroatoms. The Morgan fingerprint density at radius 3 is 2.32 bits per heavy atom. The maximum Gasteiger partial charge on any atom is 0.123 e. The summed E-state index contributed by atoms with van der Waals surface area (Å²) in [5.74, 6) is 0.447. The number of phenols is 1. The second-order valence-electron chi connectivity index (χ2n) is 6.79. The fourth-order valence-corrected chi connectivity index (χ4v) is 3.67. The third-order valence-electron chi connectivity index (χ3n) is 4.41. The van der Waals surface area contributed by atoms with Gasteiger partial charge in [-0.25, -0.2) is 0 Å². The van der Waals surface area contributed by atoms with E-state index in [2.05, 4.69) is 42.8 Å². The van der Waals surface area contributed by atoms with Crippen molar-refractivity contribution in [3.05, 3.63) is 27.7 Å². The van der Waals surface area contributed by atoms with Gasteiger partial charge in [0.2, 0.25) is 0 Å². The lowest BCUT2D eigenvalue weighted by Crippen LogP contribution is -2.32. The zero-order valence-corrected chi connectivity index (χ0v) is 13.7. The molecule has 0 radical (unpaired) electrons. The molecule has 2 rings (SSSR count). The first kappa shape index (κ1) is 14.9. The van der Waals surface area contributed by atoms with Crippen LogP contribution in [0.3, 0.4) is 0 Å². The molecular formula is C16H24BrNO. The van der Waals surface area contributed by atoms with Crippen molar-refractivity contribution in [1.29, 1.82) is 0 Å². The van der Waals surface area contributed by atoms with E-state index in [1.807, 2.05) is 6.07 Å². The summed E-state index contributed by atoms with van der Waals surface area (Å²) in [7, 11) is 0. The topological polar surface area (TPSA) is 46.2 Å². The van der Waals surface area contributed by atoms with Crippen molar-refractivity contribution in [3.63, 3.8) is 0 Å². The summed E-state index contributed by atoms with van der Waals surface area (Å²) >= 11 is 3.59. The van der Waals surface area contributed by atoms with Crippen LogP contribution in [0.15, 0.2) is 16.6 Å². The minimum atomic E-state index is -0.0724. The Bertz CT molecular complexity index is 470. The predicted octanol–water partition coefficient (Wildman–Crippen LogP) is 4.22. The molecule has 0 spiro atoms. The zero-order valence-electron chi connectivity index (χ0n) is 12.1. The third-order valence-corrected chi connectivity index (χ3v) is 4.86. The molecule has 0 bridgehead atoms. The standard InChI is InChI=1S/C16H24BrNO/c1-15(2,3)12-8-11(17)9-13(14(12)19)16(10-18)6-4-5-7-16/h8-9,19H,4-7,10,18H2,1-3H3. The van der Waals surface area contributed by atoms with Gasteiger partial charge in [0.05, 0.1) is 0 Å². The Balaban J connectivity index is 2.61. The molecule has 3 N–H and O–H groups in total. The molecule has 0 saturated heterocycles. The van der Waals surface area contributed by atoms with Crippen LogP contribution in [0.1, 0.15) is 57.6 Å². The minimum absolute atomic E-state index is 0.0339. The van der Waals surface area contributed by atoms with Crippen molar-refractivity contribution in [2.45, 2.75) is 57.3 Å². The van der Waals surface area contributed by atoms with Gasteiger partial charge in [0, 0.05) is 27.6 Å². The molecule has 0 aromatic heterocycles. The summed E-state index contributed by atoms with van der Waals surface area (Å²) in [4.78, 5) is 0. The van der Waals surface area contributed by atoms with Crippen LogP contribution in [0, 0.1) is 0 Å². The Hall–Kier alpha value is -0.540. The van der Waals surface area contributed by atoms with Crippen molar-refractivity contribution >= 4 is 15.9 Å². The fraction of sp³-hybridized carbons (Fsp3) is 0.625. The summed E-state index contributed by atoms with van der Waals surface area (Å²) in [6.45, 7) is 6.99. The number of halogens is 1. The lowest BCUT2D eigenvalue weighted by molar-refractivity contribution is 0.392. The highest BCUT2D eigenvalue weighted by Crippen LogP contribution is 2.47. The smallest absolute Gasteiger partial charge is 0.123 e. The summed E-state index contributed by atoms with van der Waals surface area (Å²) in [6, 6.07) is 4.08. The van der Waals surface area contributed by atoms with Gasteiger partial charge < -0.3 is 10.8 Å². The first-order chi connectivity index (χ1) is 8.80. The molecule has 0 unspecified atom stereocenters. The number of phenolic OH excluding ortho intramolecular Hbond substituents is 1. The van der Waals surface area contributed by atoms with E-state index in [4.69, 9.17) is 5.73 Å². The van der Waals surface area contributed by atoms with E-state index in [0.29, 0.717) is 12.3 Å². The summed E-state index contributed by atoms with van der Waals surface area (Å²) in [5, 5.41) is 10.7. The van der Waals surface area contributed by atoms with E-state index in [9.17, 15) is 5.11 Å². The summed E-state index contributed by atoms with van der Waals surface area (Å²) in [5.41, 5.74) is 7.98. The Kier molecular flexibility index (Phi) is 3.99. The summed E-state index contributed by atoms with van der Waals surface area (Å²) < 4.78 is 1.03. The van der Waals surface area contributed by atoms with Crippen LogP contribution < -0.4 is 5.73 Å². The maximum absolute atomic E-state index is 10.7. The number of rotatable bonds is 2. The van der Waals surface area contributed by atoms with Crippen LogP contribution >= 0.6 is 15.9 Å². The first-order valence-electron chi connectivity index (χ1n) is 7.04. The van der Waals surface area contributed by atoms with Crippen LogP contribution in [0.5, 0.6) is 5.75 Å². The van der Waals surface area contributed by atoms with E-state index in [-0.39, 0.29) is 10.8 Å². The van der Waals surface area contributed by atoms with Gasteiger partial charge in [-0.1, -0.05) is 49.5 Å². The molecule has 1 aliphatic carbocycles. The third kappa shape index (κ3) is 2.68. The van der Waals surface area contributed by atoms with Crippen molar-refractivity contribution in [2.24, 2.45) is 5.73 Å². The number of hydrogen-bond donors (Lipinski definition) is 2. The largest absolute Gasteiger partial charge is 0.507 e. The maximum atomic E-state index is 10.7. The normalized spacial score (nSPS) is 18.8. The molecule has 0 atom stereocenters. The van der Waals surface area contributed by atoms with Crippen LogP contribution in [0.2, 0.25) is 0 Å². The quantitative estimate of drug-likeness (QED) is 0.855. The van der Waals surface area contributed by atoms with Crippen LogP contribution in [-0.4, -0.2) is 11.7 Å². The molecule has 1 fully saturated rings. The average molecular weight is 326 g/mol. The van der Waals surface area contributed by atoms with Crippen molar-refractivity contribution in [3.8, 4) is 5.75 Å². The number of hydrogen-bond acceptors (Lipinski definition) is 2. The number of aromatic hydroxyl groups is 1. The lowest BCUT2D eigenvalue weighted by Gasteiger charge is -2.32. The second-order valence-corrected chi connectivity index (χ2v) is 7.71. The molecule has 1 aliphatic rings. The molecule has 0 heterocycles. The van der Waals surface area contributed by atoms with Gasteiger partial charge in [-0.15, -0.1) is 0 Å². The highest BCUT2D eigenvalue weighted by molar-refractivity contribution is 9.10. The molecule has 106 valence electrons. The van der Waals surface area contributed by atoms with Gasteiger partial charge >= 0.3 is 0 Å². The molecule has 0 amide bonds. The lowest BCUT2D eigenvalue weighted by atomic mass is 9.75. The first-order valence-corrected chi connectivity index (χ1v) is 7.83. The monoisotopic (exact) mass is 325 g/mol. The van der Waals surface area contributed by atoms with E-state index in [1.165, 1.54) is 12.8 Å². The molecule has 2 nitrogen and oxygen atoms in total. The Labute approximate surface area is 124 Å².